The Morgan fingerprint density at radius 3 is 2.34 bits per heavy atom. The Balaban J connectivity index is 1.92. The highest BCUT2D eigenvalue weighted by atomic mass is 19.4. The summed E-state index contributed by atoms with van der Waals surface area (Å²) in [5, 5.41) is 0. The molecule has 1 aliphatic heterocycles. The molecule has 0 saturated carbocycles. The number of hydrogen-bond acceptors (Lipinski definition) is 3. The van der Waals surface area contributed by atoms with E-state index in [2.05, 4.69) is 0 Å². The zero-order valence-corrected chi connectivity index (χ0v) is 17.2. The van der Waals surface area contributed by atoms with Gasteiger partial charge in [0.2, 0.25) is 5.91 Å². The standard InChI is InChI=1S/C25H20F3NO3/c1-32-22(30)15-24(18-10-7-11-19(14-18)25(26,27)28)20-12-5-6-13-21(20)29(23(24)31)16-17-8-3-2-4-9-17/h2-14H,15-16H2,1H3/t24-/m0/s1. The van der Waals surface area contributed by atoms with Gasteiger partial charge in [0.25, 0.3) is 0 Å². The van der Waals surface area contributed by atoms with Gasteiger partial charge in [-0.2, -0.15) is 13.2 Å². The molecule has 0 bridgehead atoms. The number of methoxy groups -OCH3 is 1. The van der Waals surface area contributed by atoms with Crippen molar-refractivity contribution in [1.82, 2.24) is 0 Å². The molecule has 0 aromatic heterocycles. The molecule has 164 valence electrons. The van der Waals surface area contributed by atoms with E-state index >= 15 is 0 Å². The second-order valence-electron chi connectivity index (χ2n) is 7.63. The summed E-state index contributed by atoms with van der Waals surface area (Å²) in [6.07, 6.45) is -5.00. The van der Waals surface area contributed by atoms with Gasteiger partial charge in [-0.05, 0) is 28.8 Å². The minimum absolute atomic E-state index is 0.103. The Morgan fingerprint density at radius 1 is 0.969 bits per heavy atom. The van der Waals surface area contributed by atoms with Gasteiger partial charge in [0.05, 0.1) is 25.6 Å². The molecule has 4 nitrogen and oxygen atoms in total. The Bertz CT molecular complexity index is 1160. The second-order valence-corrected chi connectivity index (χ2v) is 7.63. The molecular formula is C25H20F3NO3. The van der Waals surface area contributed by atoms with E-state index in [-0.39, 0.29) is 12.1 Å². The highest BCUT2D eigenvalue weighted by Gasteiger charge is 2.53. The van der Waals surface area contributed by atoms with Crippen molar-refractivity contribution in [1.29, 1.82) is 0 Å². The van der Waals surface area contributed by atoms with Crippen molar-refractivity contribution in [3.8, 4) is 0 Å². The number of para-hydroxylation sites is 1. The summed E-state index contributed by atoms with van der Waals surface area (Å²) in [7, 11) is 1.19. The topological polar surface area (TPSA) is 46.6 Å². The molecule has 7 heteroatoms. The first kappa shape index (κ1) is 21.6. The minimum Gasteiger partial charge on any atom is -0.469 e. The van der Waals surface area contributed by atoms with Crippen LogP contribution in [0.1, 0.15) is 28.7 Å². The number of hydrogen-bond donors (Lipinski definition) is 0. The number of alkyl halides is 3. The normalized spacial score (nSPS) is 17.9. The van der Waals surface area contributed by atoms with Crippen LogP contribution < -0.4 is 4.90 Å². The van der Waals surface area contributed by atoms with Gasteiger partial charge in [0.1, 0.15) is 5.41 Å². The van der Waals surface area contributed by atoms with Gasteiger partial charge < -0.3 is 9.64 Å². The molecule has 0 fully saturated rings. The number of ether oxygens (including phenoxy) is 1. The number of amides is 1. The van der Waals surface area contributed by atoms with E-state index in [1.54, 1.807) is 24.3 Å². The zero-order valence-electron chi connectivity index (χ0n) is 17.2. The number of rotatable bonds is 5. The van der Waals surface area contributed by atoms with Gasteiger partial charge in [0.15, 0.2) is 0 Å². The summed E-state index contributed by atoms with van der Waals surface area (Å²) < 4.78 is 45.3. The summed E-state index contributed by atoms with van der Waals surface area (Å²) in [5.41, 5.74) is -0.515. The van der Waals surface area contributed by atoms with Crippen LogP contribution in [0.3, 0.4) is 0 Å². The Labute approximate surface area is 183 Å². The van der Waals surface area contributed by atoms with Crippen molar-refractivity contribution in [2.45, 2.75) is 24.6 Å². The van der Waals surface area contributed by atoms with Crippen LogP contribution in [0.5, 0.6) is 0 Å². The van der Waals surface area contributed by atoms with Crippen LogP contribution in [0, 0.1) is 0 Å². The summed E-state index contributed by atoms with van der Waals surface area (Å²) in [6.45, 7) is 0.221. The van der Waals surface area contributed by atoms with E-state index in [4.69, 9.17) is 4.74 Å². The third kappa shape index (κ3) is 3.64. The number of carbonyl (C=O) groups is 2. The van der Waals surface area contributed by atoms with E-state index in [9.17, 15) is 22.8 Å². The second kappa shape index (κ2) is 8.15. The van der Waals surface area contributed by atoms with Crippen molar-refractivity contribution in [3.05, 3.63) is 101 Å². The molecule has 0 saturated heterocycles. The average molecular weight is 439 g/mol. The molecule has 1 atom stereocenters. The highest BCUT2D eigenvalue weighted by molar-refractivity contribution is 6.12. The quantitative estimate of drug-likeness (QED) is 0.520. The van der Waals surface area contributed by atoms with Gasteiger partial charge >= 0.3 is 12.1 Å². The number of nitrogens with zero attached hydrogens (tertiary/aromatic N) is 1. The van der Waals surface area contributed by atoms with Gasteiger partial charge in [-0.15, -0.1) is 0 Å². The number of anilines is 1. The molecule has 0 N–H and O–H groups in total. The van der Waals surface area contributed by atoms with Gasteiger partial charge in [-0.3, -0.25) is 9.59 Å². The van der Waals surface area contributed by atoms with Crippen LogP contribution in [0.4, 0.5) is 18.9 Å². The molecule has 0 spiro atoms. The molecule has 0 radical (unpaired) electrons. The lowest BCUT2D eigenvalue weighted by Crippen LogP contribution is -2.43. The lowest BCUT2D eigenvalue weighted by Gasteiger charge is -2.29. The highest BCUT2D eigenvalue weighted by Crippen LogP contribution is 2.49. The fourth-order valence-electron chi connectivity index (χ4n) is 4.25. The third-order valence-electron chi connectivity index (χ3n) is 5.77. The van der Waals surface area contributed by atoms with Gasteiger partial charge in [-0.1, -0.05) is 66.7 Å². The molecule has 4 rings (SSSR count). The Kier molecular flexibility index (Phi) is 5.50. The molecule has 32 heavy (non-hydrogen) atoms. The Hall–Kier alpha value is -3.61. The maximum Gasteiger partial charge on any atom is 0.416 e. The van der Waals surface area contributed by atoms with Crippen LogP contribution in [0.2, 0.25) is 0 Å². The predicted molar refractivity (Wildman–Crippen MR) is 113 cm³/mol. The van der Waals surface area contributed by atoms with E-state index in [0.717, 1.165) is 17.7 Å². The van der Waals surface area contributed by atoms with Crippen LogP contribution in [-0.2, 0) is 32.5 Å². The van der Waals surface area contributed by atoms with Crippen molar-refractivity contribution >= 4 is 17.6 Å². The summed E-state index contributed by atoms with van der Waals surface area (Å²) >= 11 is 0. The fraction of sp³-hybridized carbons (Fsp3) is 0.200. The average Bonchev–Trinajstić information content (AvgIpc) is 3.03. The van der Waals surface area contributed by atoms with E-state index < -0.39 is 35.5 Å². The Morgan fingerprint density at radius 2 is 1.66 bits per heavy atom. The van der Waals surface area contributed by atoms with Crippen LogP contribution in [0.25, 0.3) is 0 Å². The van der Waals surface area contributed by atoms with Gasteiger partial charge in [-0.25, -0.2) is 0 Å². The van der Waals surface area contributed by atoms with Crippen molar-refractivity contribution in [2.75, 3.05) is 12.0 Å². The molecule has 1 amide bonds. The lowest BCUT2D eigenvalue weighted by atomic mass is 9.72. The van der Waals surface area contributed by atoms with Crippen LogP contribution >= 0.6 is 0 Å². The van der Waals surface area contributed by atoms with E-state index in [1.807, 2.05) is 30.3 Å². The van der Waals surface area contributed by atoms with Gasteiger partial charge in [0, 0.05) is 5.69 Å². The zero-order chi connectivity index (χ0) is 22.9. The summed E-state index contributed by atoms with van der Waals surface area (Å²) in [5.74, 6) is -1.15. The van der Waals surface area contributed by atoms with Crippen molar-refractivity contribution < 1.29 is 27.5 Å². The molecule has 3 aromatic rings. The number of fused-ring (bicyclic) bond motifs is 1. The van der Waals surface area contributed by atoms with E-state index in [0.29, 0.717) is 11.3 Å². The first-order valence-corrected chi connectivity index (χ1v) is 9.97. The first-order chi connectivity index (χ1) is 15.3. The maximum atomic E-state index is 13.9. The molecule has 1 aliphatic rings. The minimum atomic E-state index is -4.59. The van der Waals surface area contributed by atoms with Crippen LogP contribution in [0.15, 0.2) is 78.9 Å². The summed E-state index contributed by atoms with van der Waals surface area (Å²) in [6, 6.07) is 20.8. The molecular weight excluding hydrogens is 419 g/mol. The number of benzene rings is 3. The summed E-state index contributed by atoms with van der Waals surface area (Å²) in [4.78, 5) is 27.9. The SMILES string of the molecule is COC(=O)C[C@@]1(c2cccc(C(F)(F)F)c2)C(=O)N(Cc2ccccc2)c2ccccc21. The number of halogens is 3. The third-order valence-corrected chi connectivity index (χ3v) is 5.77. The molecule has 0 aliphatic carbocycles. The van der Waals surface area contributed by atoms with Crippen molar-refractivity contribution in [3.63, 3.8) is 0 Å². The van der Waals surface area contributed by atoms with E-state index in [1.165, 1.54) is 24.1 Å². The first-order valence-electron chi connectivity index (χ1n) is 9.97. The largest absolute Gasteiger partial charge is 0.469 e. The number of esters is 1. The molecule has 1 heterocycles. The maximum absolute atomic E-state index is 13.9. The van der Waals surface area contributed by atoms with Crippen molar-refractivity contribution in [2.24, 2.45) is 0 Å². The molecule has 0 unspecified atom stereocenters. The fourth-order valence-corrected chi connectivity index (χ4v) is 4.25. The number of carbonyl (C=O) groups excluding carboxylic acids is 2. The predicted octanol–water partition coefficient (Wildman–Crippen LogP) is 5.10. The smallest absolute Gasteiger partial charge is 0.416 e. The molecule has 3 aromatic carbocycles. The monoisotopic (exact) mass is 439 g/mol. The van der Waals surface area contributed by atoms with Crippen LogP contribution in [-0.4, -0.2) is 19.0 Å². The lowest BCUT2D eigenvalue weighted by molar-refractivity contribution is -0.143.